The molecule has 1 fully saturated rings. The highest BCUT2D eigenvalue weighted by atomic mass is 35.5. The Kier molecular flexibility index (Phi) is 5.04. The van der Waals surface area contributed by atoms with E-state index < -0.39 is 0 Å². The van der Waals surface area contributed by atoms with Crippen LogP contribution in [0.4, 0.5) is 0 Å². The zero-order chi connectivity index (χ0) is 13.0. The Morgan fingerprint density at radius 1 is 1.39 bits per heavy atom. The monoisotopic (exact) mass is 266 g/mol. The average molecular weight is 267 g/mol. The first-order chi connectivity index (χ1) is 8.65. The molecule has 3 heteroatoms. The predicted molar refractivity (Wildman–Crippen MR) is 78.4 cm³/mol. The molecule has 100 valence electrons. The van der Waals surface area contributed by atoms with Crippen LogP contribution in [0, 0.1) is 0 Å². The van der Waals surface area contributed by atoms with Gasteiger partial charge in [-0.25, -0.2) is 0 Å². The Morgan fingerprint density at radius 2 is 2.11 bits per heavy atom. The van der Waals surface area contributed by atoms with Gasteiger partial charge in [0.2, 0.25) is 0 Å². The maximum Gasteiger partial charge on any atom is 0.0408 e. The van der Waals surface area contributed by atoms with Crippen LogP contribution in [-0.2, 0) is 0 Å². The van der Waals surface area contributed by atoms with Crippen molar-refractivity contribution in [1.29, 1.82) is 0 Å². The van der Waals surface area contributed by atoms with E-state index in [0.717, 1.165) is 11.6 Å². The third kappa shape index (κ3) is 3.98. The first-order valence-corrected chi connectivity index (χ1v) is 7.20. The maximum atomic E-state index is 6.03. The summed E-state index contributed by atoms with van der Waals surface area (Å²) in [5.41, 5.74) is 1.32. The summed E-state index contributed by atoms with van der Waals surface area (Å²) in [6.07, 6.45) is 2.53. The lowest BCUT2D eigenvalue weighted by Gasteiger charge is -2.30. The van der Waals surface area contributed by atoms with Crippen LogP contribution in [0.2, 0.25) is 5.02 Å². The Morgan fingerprint density at radius 3 is 2.78 bits per heavy atom. The maximum absolute atomic E-state index is 6.03. The van der Waals surface area contributed by atoms with Gasteiger partial charge in [-0.05, 0) is 56.6 Å². The van der Waals surface area contributed by atoms with E-state index in [0.29, 0.717) is 12.0 Å². The number of halogens is 1. The van der Waals surface area contributed by atoms with Crippen molar-refractivity contribution in [2.75, 3.05) is 26.7 Å². The highest BCUT2D eigenvalue weighted by molar-refractivity contribution is 6.30. The lowest BCUT2D eigenvalue weighted by molar-refractivity contribution is 0.233. The molecular formula is C15H23ClN2. The first-order valence-electron chi connectivity index (χ1n) is 6.82. The molecular weight excluding hydrogens is 244 g/mol. The highest BCUT2D eigenvalue weighted by Gasteiger charge is 2.16. The first kappa shape index (κ1) is 13.9. The summed E-state index contributed by atoms with van der Waals surface area (Å²) < 4.78 is 0. The molecule has 1 atom stereocenters. The number of hydrogen-bond donors (Lipinski definition) is 1. The van der Waals surface area contributed by atoms with E-state index in [2.05, 4.69) is 36.3 Å². The predicted octanol–water partition coefficient (Wildman–Crippen LogP) is 3.13. The fourth-order valence-corrected chi connectivity index (χ4v) is 2.69. The van der Waals surface area contributed by atoms with Crippen LogP contribution in [0.3, 0.4) is 0 Å². The van der Waals surface area contributed by atoms with Gasteiger partial charge in [-0.1, -0.05) is 30.7 Å². The van der Waals surface area contributed by atoms with Crippen molar-refractivity contribution in [3.8, 4) is 0 Å². The van der Waals surface area contributed by atoms with Crippen molar-refractivity contribution in [1.82, 2.24) is 10.2 Å². The molecule has 0 spiro atoms. The summed E-state index contributed by atoms with van der Waals surface area (Å²) in [5.74, 6) is 0.517. The van der Waals surface area contributed by atoms with Crippen LogP contribution in [0.1, 0.15) is 31.2 Å². The Hall–Kier alpha value is -0.570. The normalized spacial score (nSPS) is 19.9. The number of nitrogens with one attached hydrogen (secondary N) is 1. The Balaban J connectivity index is 1.79. The summed E-state index contributed by atoms with van der Waals surface area (Å²) in [7, 11) is 2.20. The number of nitrogens with zero attached hydrogens (tertiary/aromatic N) is 1. The lowest BCUT2D eigenvalue weighted by atomic mass is 9.99. The summed E-state index contributed by atoms with van der Waals surface area (Å²) in [6, 6.07) is 8.88. The van der Waals surface area contributed by atoms with Crippen LogP contribution in [-0.4, -0.2) is 37.6 Å². The molecule has 1 N–H and O–H groups in total. The minimum Gasteiger partial charge on any atom is -0.313 e. The quantitative estimate of drug-likeness (QED) is 0.901. The topological polar surface area (TPSA) is 15.3 Å². The second-order valence-electron chi connectivity index (χ2n) is 5.44. The molecule has 2 rings (SSSR count). The average Bonchev–Trinajstić information content (AvgIpc) is 2.38. The van der Waals surface area contributed by atoms with E-state index in [4.69, 9.17) is 11.6 Å². The van der Waals surface area contributed by atoms with Crippen molar-refractivity contribution in [3.63, 3.8) is 0 Å². The highest BCUT2D eigenvalue weighted by Crippen LogP contribution is 2.19. The van der Waals surface area contributed by atoms with Crippen LogP contribution in [0.25, 0.3) is 0 Å². The Labute approximate surface area is 115 Å². The van der Waals surface area contributed by atoms with Crippen LogP contribution >= 0.6 is 11.6 Å². The number of benzene rings is 1. The van der Waals surface area contributed by atoms with Crippen molar-refractivity contribution in [3.05, 3.63) is 34.9 Å². The van der Waals surface area contributed by atoms with Crippen LogP contribution in [0.15, 0.2) is 24.3 Å². The van der Waals surface area contributed by atoms with Gasteiger partial charge in [0.05, 0.1) is 0 Å². The largest absolute Gasteiger partial charge is 0.313 e. The molecule has 2 nitrogen and oxygen atoms in total. The molecule has 0 radical (unpaired) electrons. The molecule has 1 aliphatic heterocycles. The molecule has 0 aromatic heterocycles. The summed E-state index contributed by atoms with van der Waals surface area (Å²) in [6.45, 7) is 5.72. The van der Waals surface area contributed by atoms with E-state index >= 15 is 0 Å². The number of likely N-dealkylation sites (tertiary alicyclic amines) is 1. The molecule has 0 aliphatic carbocycles. The van der Waals surface area contributed by atoms with Gasteiger partial charge in [0.25, 0.3) is 0 Å². The Bertz CT molecular complexity index is 373. The van der Waals surface area contributed by atoms with E-state index in [-0.39, 0.29) is 0 Å². The van der Waals surface area contributed by atoms with Gasteiger partial charge in [-0.2, -0.15) is 0 Å². The summed E-state index contributed by atoms with van der Waals surface area (Å²) in [5, 5.41) is 4.52. The fraction of sp³-hybridized carbons (Fsp3) is 0.600. The third-order valence-electron chi connectivity index (χ3n) is 3.85. The van der Waals surface area contributed by atoms with Crippen molar-refractivity contribution < 1.29 is 0 Å². The van der Waals surface area contributed by atoms with Gasteiger partial charge in [0, 0.05) is 17.6 Å². The van der Waals surface area contributed by atoms with E-state index in [1.807, 2.05) is 12.1 Å². The van der Waals surface area contributed by atoms with Crippen molar-refractivity contribution in [2.24, 2.45) is 0 Å². The zero-order valence-electron chi connectivity index (χ0n) is 11.3. The summed E-state index contributed by atoms with van der Waals surface area (Å²) >= 11 is 6.03. The van der Waals surface area contributed by atoms with Crippen LogP contribution < -0.4 is 5.32 Å². The van der Waals surface area contributed by atoms with E-state index in [9.17, 15) is 0 Å². The van der Waals surface area contributed by atoms with Crippen LogP contribution in [0.5, 0.6) is 0 Å². The van der Waals surface area contributed by atoms with Gasteiger partial charge in [-0.15, -0.1) is 0 Å². The molecule has 0 saturated carbocycles. The molecule has 1 heterocycles. The molecule has 18 heavy (non-hydrogen) atoms. The number of piperidine rings is 1. The molecule has 0 unspecified atom stereocenters. The van der Waals surface area contributed by atoms with Gasteiger partial charge in [-0.3, -0.25) is 0 Å². The van der Waals surface area contributed by atoms with Crippen molar-refractivity contribution in [2.45, 2.75) is 31.7 Å². The molecule has 1 aliphatic rings. The second-order valence-corrected chi connectivity index (χ2v) is 5.88. The minimum absolute atomic E-state index is 0.517. The van der Waals surface area contributed by atoms with Crippen molar-refractivity contribution >= 4 is 11.6 Å². The van der Waals surface area contributed by atoms with Gasteiger partial charge < -0.3 is 10.2 Å². The second kappa shape index (κ2) is 6.55. The van der Waals surface area contributed by atoms with Gasteiger partial charge >= 0.3 is 0 Å². The molecule has 0 amide bonds. The van der Waals surface area contributed by atoms with E-state index in [1.165, 1.54) is 31.5 Å². The molecule has 1 aromatic rings. The molecule has 1 saturated heterocycles. The fourth-order valence-electron chi connectivity index (χ4n) is 2.49. The smallest absolute Gasteiger partial charge is 0.0408 e. The zero-order valence-corrected chi connectivity index (χ0v) is 12.1. The van der Waals surface area contributed by atoms with Gasteiger partial charge in [0.1, 0.15) is 0 Å². The molecule has 0 bridgehead atoms. The lowest BCUT2D eigenvalue weighted by Crippen LogP contribution is -2.41. The standard InChI is InChI=1S/C15H23ClN2/c1-12(13-4-3-5-14(16)10-13)11-17-15-6-8-18(2)9-7-15/h3-5,10,12,15,17H,6-9,11H2,1-2H3/t12-/m0/s1. The van der Waals surface area contributed by atoms with Gasteiger partial charge in [0.15, 0.2) is 0 Å². The minimum atomic E-state index is 0.517. The van der Waals surface area contributed by atoms with E-state index in [1.54, 1.807) is 0 Å². The SMILES string of the molecule is C[C@@H](CNC1CCN(C)CC1)c1cccc(Cl)c1. The third-order valence-corrected chi connectivity index (χ3v) is 4.08. The summed E-state index contributed by atoms with van der Waals surface area (Å²) in [4.78, 5) is 2.40. The number of hydrogen-bond acceptors (Lipinski definition) is 2. The number of rotatable bonds is 4. The molecule has 1 aromatic carbocycles.